The van der Waals surface area contributed by atoms with E-state index in [4.69, 9.17) is 15.9 Å². The lowest BCUT2D eigenvalue weighted by Gasteiger charge is -2.28. The number of rotatable bonds is 2. The van der Waals surface area contributed by atoms with Crippen LogP contribution in [-0.4, -0.2) is 22.5 Å². The van der Waals surface area contributed by atoms with E-state index < -0.39 is 12.3 Å². The average molecular weight is 159 g/mol. The first-order chi connectivity index (χ1) is 5.22. The number of aliphatic hydroxyl groups is 2. The van der Waals surface area contributed by atoms with Gasteiger partial charge in [-0.1, -0.05) is 19.3 Å². The Kier molecular flexibility index (Phi) is 3.30. The molecule has 3 heteroatoms. The number of nitrogens with two attached hydrogens (primary N) is 1. The summed E-state index contributed by atoms with van der Waals surface area (Å²) in [6.45, 7) is 0. The molecule has 66 valence electrons. The van der Waals surface area contributed by atoms with Crippen LogP contribution in [0.25, 0.3) is 0 Å². The fraction of sp³-hybridized carbons (Fsp3) is 1.00. The Morgan fingerprint density at radius 1 is 1.09 bits per heavy atom. The van der Waals surface area contributed by atoms with Crippen molar-refractivity contribution >= 4 is 0 Å². The van der Waals surface area contributed by atoms with Crippen LogP contribution in [0.2, 0.25) is 0 Å². The second-order valence-corrected chi connectivity index (χ2v) is 3.39. The molecule has 1 aliphatic carbocycles. The van der Waals surface area contributed by atoms with Crippen molar-refractivity contribution < 1.29 is 10.2 Å². The van der Waals surface area contributed by atoms with Gasteiger partial charge in [0.2, 0.25) is 0 Å². The van der Waals surface area contributed by atoms with Crippen molar-refractivity contribution in [2.24, 2.45) is 11.7 Å². The third-order valence-corrected chi connectivity index (χ3v) is 2.54. The third-order valence-electron chi connectivity index (χ3n) is 2.54. The highest BCUT2D eigenvalue weighted by molar-refractivity contribution is 4.77. The largest absolute Gasteiger partial charge is 0.367 e. The molecule has 0 aromatic heterocycles. The van der Waals surface area contributed by atoms with E-state index in [1.54, 1.807) is 0 Å². The Hall–Kier alpha value is -0.120. The van der Waals surface area contributed by atoms with E-state index in [-0.39, 0.29) is 0 Å². The Morgan fingerprint density at radius 3 is 2.09 bits per heavy atom. The van der Waals surface area contributed by atoms with Crippen molar-refractivity contribution in [3.63, 3.8) is 0 Å². The number of aliphatic hydroxyl groups excluding tert-OH is 1. The first-order valence-electron chi connectivity index (χ1n) is 4.33. The van der Waals surface area contributed by atoms with E-state index in [1.165, 1.54) is 19.3 Å². The summed E-state index contributed by atoms with van der Waals surface area (Å²) >= 11 is 0. The molecule has 0 aromatic rings. The van der Waals surface area contributed by atoms with Gasteiger partial charge in [-0.25, -0.2) is 0 Å². The van der Waals surface area contributed by atoms with Crippen molar-refractivity contribution in [3.8, 4) is 0 Å². The van der Waals surface area contributed by atoms with E-state index in [0.29, 0.717) is 5.92 Å². The zero-order valence-electron chi connectivity index (χ0n) is 6.74. The van der Waals surface area contributed by atoms with Gasteiger partial charge in [-0.15, -0.1) is 0 Å². The molecule has 3 nitrogen and oxygen atoms in total. The highest BCUT2D eigenvalue weighted by Crippen LogP contribution is 2.26. The van der Waals surface area contributed by atoms with E-state index in [9.17, 15) is 0 Å². The maximum absolute atomic E-state index is 8.80. The van der Waals surface area contributed by atoms with Crippen LogP contribution in [0.3, 0.4) is 0 Å². The Morgan fingerprint density at radius 2 is 1.64 bits per heavy atom. The molecule has 1 saturated carbocycles. The molecule has 4 N–H and O–H groups in total. The molecule has 1 rings (SSSR count). The van der Waals surface area contributed by atoms with Gasteiger partial charge in [0.15, 0.2) is 6.29 Å². The number of hydrogen-bond acceptors (Lipinski definition) is 3. The lowest BCUT2D eigenvalue weighted by molar-refractivity contribution is -0.0740. The van der Waals surface area contributed by atoms with Crippen molar-refractivity contribution in [3.05, 3.63) is 0 Å². The molecule has 1 atom stereocenters. The van der Waals surface area contributed by atoms with Gasteiger partial charge in [0.25, 0.3) is 0 Å². The molecule has 0 bridgehead atoms. The summed E-state index contributed by atoms with van der Waals surface area (Å²) in [4.78, 5) is 0. The molecule has 0 amide bonds. The standard InChI is InChI=1S/C8H17NO2/c9-7(8(10)11)6-4-2-1-3-5-6/h6-8,10-11H,1-5,9H2. The fourth-order valence-electron chi connectivity index (χ4n) is 1.76. The molecule has 0 aromatic carbocycles. The molecule has 1 aliphatic rings. The van der Waals surface area contributed by atoms with Crippen molar-refractivity contribution in [1.29, 1.82) is 0 Å². The summed E-state index contributed by atoms with van der Waals surface area (Å²) in [7, 11) is 0. The molecule has 0 aliphatic heterocycles. The van der Waals surface area contributed by atoms with Gasteiger partial charge in [0, 0.05) is 0 Å². The third kappa shape index (κ3) is 2.43. The minimum Gasteiger partial charge on any atom is -0.367 e. The van der Waals surface area contributed by atoms with Gasteiger partial charge in [-0.05, 0) is 18.8 Å². The molecule has 0 radical (unpaired) electrons. The minimum atomic E-state index is -1.34. The van der Waals surface area contributed by atoms with Gasteiger partial charge in [-0.3, -0.25) is 0 Å². The molecule has 11 heavy (non-hydrogen) atoms. The maximum Gasteiger partial charge on any atom is 0.167 e. The SMILES string of the molecule is NC(C(O)O)C1CCCCC1. The predicted octanol–water partition coefficient (Wildman–Crippen LogP) is 0.205. The lowest BCUT2D eigenvalue weighted by atomic mass is 9.84. The highest BCUT2D eigenvalue weighted by atomic mass is 16.5. The van der Waals surface area contributed by atoms with Crippen LogP contribution in [0.5, 0.6) is 0 Å². The zero-order valence-corrected chi connectivity index (χ0v) is 6.74. The normalized spacial score (nSPS) is 24.0. The summed E-state index contributed by atoms with van der Waals surface area (Å²) in [5, 5.41) is 17.6. The molecular weight excluding hydrogens is 142 g/mol. The van der Waals surface area contributed by atoms with Gasteiger partial charge in [0.05, 0.1) is 6.04 Å². The van der Waals surface area contributed by atoms with Crippen LogP contribution in [-0.2, 0) is 0 Å². The van der Waals surface area contributed by atoms with Crippen molar-refractivity contribution in [1.82, 2.24) is 0 Å². The summed E-state index contributed by atoms with van der Waals surface area (Å²) in [5.74, 6) is 0.323. The van der Waals surface area contributed by atoms with E-state index in [1.807, 2.05) is 0 Å². The van der Waals surface area contributed by atoms with Gasteiger partial charge < -0.3 is 15.9 Å². The summed E-state index contributed by atoms with van der Waals surface area (Å²) in [5.41, 5.74) is 5.59. The smallest absolute Gasteiger partial charge is 0.167 e. The van der Waals surface area contributed by atoms with E-state index in [0.717, 1.165) is 12.8 Å². The van der Waals surface area contributed by atoms with Crippen LogP contribution < -0.4 is 5.73 Å². The maximum atomic E-state index is 8.80. The van der Waals surface area contributed by atoms with Crippen molar-refractivity contribution in [2.45, 2.75) is 44.4 Å². The first kappa shape index (κ1) is 8.97. The van der Waals surface area contributed by atoms with E-state index in [2.05, 4.69) is 0 Å². The van der Waals surface area contributed by atoms with Gasteiger partial charge in [-0.2, -0.15) is 0 Å². The summed E-state index contributed by atoms with van der Waals surface area (Å²) < 4.78 is 0. The highest BCUT2D eigenvalue weighted by Gasteiger charge is 2.24. The summed E-state index contributed by atoms with van der Waals surface area (Å²) in [6.07, 6.45) is 4.41. The molecule has 0 saturated heterocycles. The molecular formula is C8H17NO2. The second-order valence-electron chi connectivity index (χ2n) is 3.39. The monoisotopic (exact) mass is 159 g/mol. The van der Waals surface area contributed by atoms with Crippen LogP contribution in [0, 0.1) is 5.92 Å². The molecule has 0 heterocycles. The summed E-state index contributed by atoms with van der Waals surface area (Å²) in [6, 6.07) is -0.435. The number of hydrogen-bond donors (Lipinski definition) is 3. The van der Waals surface area contributed by atoms with Crippen LogP contribution in [0.4, 0.5) is 0 Å². The topological polar surface area (TPSA) is 66.5 Å². The van der Waals surface area contributed by atoms with Crippen LogP contribution in [0.15, 0.2) is 0 Å². The van der Waals surface area contributed by atoms with Gasteiger partial charge >= 0.3 is 0 Å². The second kappa shape index (κ2) is 4.04. The molecule has 1 fully saturated rings. The van der Waals surface area contributed by atoms with Gasteiger partial charge in [0.1, 0.15) is 0 Å². The van der Waals surface area contributed by atoms with Crippen LogP contribution in [0.1, 0.15) is 32.1 Å². The van der Waals surface area contributed by atoms with Crippen LogP contribution >= 0.6 is 0 Å². The predicted molar refractivity (Wildman–Crippen MR) is 42.8 cm³/mol. The Bertz CT molecular complexity index is 111. The zero-order chi connectivity index (χ0) is 8.27. The quantitative estimate of drug-likeness (QED) is 0.504. The Balaban J connectivity index is 2.32. The van der Waals surface area contributed by atoms with E-state index >= 15 is 0 Å². The first-order valence-corrected chi connectivity index (χ1v) is 4.33. The lowest BCUT2D eigenvalue weighted by Crippen LogP contribution is -2.41. The Labute approximate surface area is 67.2 Å². The fourth-order valence-corrected chi connectivity index (χ4v) is 1.76. The van der Waals surface area contributed by atoms with Crippen molar-refractivity contribution in [2.75, 3.05) is 0 Å². The molecule has 0 spiro atoms. The molecule has 1 unspecified atom stereocenters. The average Bonchev–Trinajstić information content (AvgIpc) is 2.05. The minimum absolute atomic E-state index is 0.323.